The van der Waals surface area contributed by atoms with Crippen LogP contribution < -0.4 is 5.32 Å². The van der Waals surface area contributed by atoms with Crippen molar-refractivity contribution >= 4 is 11.9 Å². The molecule has 1 aromatic rings. The van der Waals surface area contributed by atoms with Gasteiger partial charge >= 0.3 is 5.97 Å². The molecule has 0 aliphatic heterocycles. The first kappa shape index (κ1) is 12.2. The minimum absolute atomic E-state index is 0.172. The maximum absolute atomic E-state index is 11.7. The van der Waals surface area contributed by atoms with Crippen molar-refractivity contribution in [3.05, 3.63) is 18.2 Å². The third kappa shape index (κ3) is 2.59. The lowest BCUT2D eigenvalue weighted by Crippen LogP contribution is -2.44. The summed E-state index contributed by atoms with van der Waals surface area (Å²) >= 11 is 0. The van der Waals surface area contributed by atoms with Crippen molar-refractivity contribution in [1.29, 1.82) is 0 Å². The topological polar surface area (TPSA) is 84.2 Å². The minimum Gasteiger partial charge on any atom is -0.480 e. The maximum Gasteiger partial charge on any atom is 0.326 e. The predicted molar refractivity (Wildman–Crippen MR) is 56.9 cm³/mol. The van der Waals surface area contributed by atoms with Crippen LogP contribution in [0.1, 0.15) is 24.3 Å². The van der Waals surface area contributed by atoms with E-state index in [9.17, 15) is 9.59 Å². The third-order valence-corrected chi connectivity index (χ3v) is 2.27. The summed E-state index contributed by atoms with van der Waals surface area (Å²) in [7, 11) is 1.67. The molecule has 0 saturated heterocycles. The van der Waals surface area contributed by atoms with Gasteiger partial charge in [0, 0.05) is 7.05 Å². The van der Waals surface area contributed by atoms with Crippen LogP contribution in [0.2, 0.25) is 0 Å². The van der Waals surface area contributed by atoms with Gasteiger partial charge in [-0.1, -0.05) is 13.8 Å². The quantitative estimate of drug-likeness (QED) is 0.769. The molecule has 6 heteroatoms. The molecule has 0 unspecified atom stereocenters. The second-order valence-electron chi connectivity index (χ2n) is 3.92. The zero-order valence-corrected chi connectivity index (χ0v) is 9.47. The SMILES string of the molecule is CC(C)[C@H](NC(=O)c1cncn1C)C(=O)O. The van der Waals surface area contributed by atoms with Crippen LogP contribution in [-0.2, 0) is 11.8 Å². The number of aryl methyl sites for hydroxylation is 1. The molecule has 0 saturated carbocycles. The molecule has 0 fully saturated rings. The maximum atomic E-state index is 11.7. The van der Waals surface area contributed by atoms with E-state index in [1.54, 1.807) is 20.9 Å². The van der Waals surface area contributed by atoms with Crippen LogP contribution in [0.3, 0.4) is 0 Å². The number of hydrogen-bond acceptors (Lipinski definition) is 3. The van der Waals surface area contributed by atoms with Gasteiger partial charge < -0.3 is 15.0 Å². The highest BCUT2D eigenvalue weighted by Gasteiger charge is 2.24. The first-order valence-electron chi connectivity index (χ1n) is 4.93. The Morgan fingerprint density at radius 2 is 2.12 bits per heavy atom. The lowest BCUT2D eigenvalue weighted by molar-refractivity contribution is -0.140. The molecule has 0 spiro atoms. The smallest absolute Gasteiger partial charge is 0.326 e. The zero-order chi connectivity index (χ0) is 12.3. The molecule has 0 aliphatic carbocycles. The van der Waals surface area contributed by atoms with Crippen molar-refractivity contribution in [2.45, 2.75) is 19.9 Å². The zero-order valence-electron chi connectivity index (χ0n) is 9.47. The average Bonchev–Trinajstić information content (AvgIpc) is 2.59. The molecule has 6 nitrogen and oxygen atoms in total. The summed E-state index contributed by atoms with van der Waals surface area (Å²) in [4.78, 5) is 26.4. The van der Waals surface area contributed by atoms with Gasteiger partial charge in [0.15, 0.2) is 0 Å². The Morgan fingerprint density at radius 3 is 2.50 bits per heavy atom. The highest BCUT2D eigenvalue weighted by atomic mass is 16.4. The van der Waals surface area contributed by atoms with Crippen LogP contribution >= 0.6 is 0 Å². The van der Waals surface area contributed by atoms with Gasteiger partial charge in [0.05, 0.1) is 12.5 Å². The van der Waals surface area contributed by atoms with Crippen LogP contribution in [0.4, 0.5) is 0 Å². The van der Waals surface area contributed by atoms with E-state index >= 15 is 0 Å². The van der Waals surface area contributed by atoms with Gasteiger partial charge in [0.2, 0.25) is 0 Å². The fourth-order valence-electron chi connectivity index (χ4n) is 1.30. The van der Waals surface area contributed by atoms with E-state index in [0.717, 1.165) is 0 Å². The molecule has 0 aliphatic rings. The number of nitrogens with one attached hydrogen (secondary N) is 1. The molecule has 2 N–H and O–H groups in total. The molecule has 1 rings (SSSR count). The second-order valence-corrected chi connectivity index (χ2v) is 3.92. The molecule has 88 valence electrons. The van der Waals surface area contributed by atoms with Crippen LogP contribution in [0, 0.1) is 5.92 Å². The fourth-order valence-corrected chi connectivity index (χ4v) is 1.30. The summed E-state index contributed by atoms with van der Waals surface area (Å²) in [6.45, 7) is 3.48. The van der Waals surface area contributed by atoms with Crippen LogP contribution in [-0.4, -0.2) is 32.6 Å². The third-order valence-electron chi connectivity index (χ3n) is 2.27. The Bertz CT molecular complexity index is 398. The molecule has 0 bridgehead atoms. The molecular formula is C10H15N3O3. The van der Waals surface area contributed by atoms with Crippen molar-refractivity contribution in [2.75, 3.05) is 0 Å². The van der Waals surface area contributed by atoms with E-state index in [1.807, 2.05) is 0 Å². The molecule has 1 heterocycles. The monoisotopic (exact) mass is 225 g/mol. The van der Waals surface area contributed by atoms with E-state index in [-0.39, 0.29) is 5.92 Å². The van der Waals surface area contributed by atoms with Gasteiger partial charge in [-0.25, -0.2) is 9.78 Å². The Balaban J connectivity index is 2.77. The predicted octanol–water partition coefficient (Wildman–Crippen LogP) is 0.259. The number of carbonyl (C=O) groups excluding carboxylic acids is 1. The number of carboxylic acid groups (broad SMARTS) is 1. The second kappa shape index (κ2) is 4.78. The van der Waals surface area contributed by atoms with E-state index in [4.69, 9.17) is 5.11 Å². The summed E-state index contributed by atoms with van der Waals surface area (Å²) in [6, 6.07) is -0.887. The van der Waals surface area contributed by atoms with Gasteiger partial charge in [-0.05, 0) is 5.92 Å². The van der Waals surface area contributed by atoms with E-state index in [1.165, 1.54) is 17.1 Å². The van der Waals surface area contributed by atoms with Gasteiger partial charge in [0.25, 0.3) is 5.91 Å². The number of rotatable bonds is 4. The van der Waals surface area contributed by atoms with Gasteiger partial charge in [-0.3, -0.25) is 4.79 Å². The summed E-state index contributed by atoms with van der Waals surface area (Å²) in [5, 5.41) is 11.4. The number of aromatic nitrogens is 2. The Kier molecular flexibility index (Phi) is 3.65. The molecule has 1 aromatic heterocycles. The van der Waals surface area contributed by atoms with Gasteiger partial charge in [-0.2, -0.15) is 0 Å². The van der Waals surface area contributed by atoms with E-state index in [2.05, 4.69) is 10.3 Å². The van der Waals surface area contributed by atoms with Gasteiger partial charge in [0.1, 0.15) is 11.7 Å². The number of aliphatic carboxylic acids is 1. The number of carboxylic acids is 1. The standard InChI is InChI=1S/C10H15N3O3/c1-6(2)8(10(15)16)12-9(14)7-4-11-5-13(7)3/h4-6,8H,1-3H3,(H,12,14)(H,15,16)/t8-/m0/s1. The lowest BCUT2D eigenvalue weighted by Gasteiger charge is -2.17. The lowest BCUT2D eigenvalue weighted by atomic mass is 10.0. The van der Waals surface area contributed by atoms with Gasteiger partial charge in [-0.15, -0.1) is 0 Å². The largest absolute Gasteiger partial charge is 0.480 e. The van der Waals surface area contributed by atoms with E-state index in [0.29, 0.717) is 5.69 Å². The average molecular weight is 225 g/mol. The highest BCUT2D eigenvalue weighted by Crippen LogP contribution is 2.04. The van der Waals surface area contributed by atoms with Crippen LogP contribution in [0.5, 0.6) is 0 Å². The van der Waals surface area contributed by atoms with Crippen molar-refractivity contribution in [3.8, 4) is 0 Å². The number of carbonyl (C=O) groups is 2. The number of hydrogen-bond donors (Lipinski definition) is 2. The molecular weight excluding hydrogens is 210 g/mol. The van der Waals surface area contributed by atoms with Crippen molar-refractivity contribution in [1.82, 2.24) is 14.9 Å². The number of amides is 1. The summed E-state index contributed by atoms with van der Waals surface area (Å²) in [5.41, 5.74) is 0.340. The van der Waals surface area contributed by atoms with Crippen LogP contribution in [0.15, 0.2) is 12.5 Å². The number of nitrogens with zero attached hydrogens (tertiary/aromatic N) is 2. The minimum atomic E-state index is -1.04. The molecule has 0 aromatic carbocycles. The normalized spacial score (nSPS) is 12.5. The summed E-state index contributed by atoms with van der Waals surface area (Å²) in [5.74, 6) is -1.64. The first-order chi connectivity index (χ1) is 7.43. The summed E-state index contributed by atoms with van der Waals surface area (Å²) < 4.78 is 1.54. The van der Waals surface area contributed by atoms with E-state index < -0.39 is 17.9 Å². The molecule has 16 heavy (non-hydrogen) atoms. The fraction of sp³-hybridized carbons (Fsp3) is 0.500. The Hall–Kier alpha value is -1.85. The first-order valence-corrected chi connectivity index (χ1v) is 4.93. The van der Waals surface area contributed by atoms with Crippen molar-refractivity contribution < 1.29 is 14.7 Å². The number of imidazole rings is 1. The molecule has 1 amide bonds. The van der Waals surface area contributed by atoms with Crippen molar-refractivity contribution in [2.24, 2.45) is 13.0 Å². The Morgan fingerprint density at radius 1 is 1.50 bits per heavy atom. The van der Waals surface area contributed by atoms with Crippen molar-refractivity contribution in [3.63, 3.8) is 0 Å². The van der Waals surface area contributed by atoms with Crippen LogP contribution in [0.25, 0.3) is 0 Å². The molecule has 0 radical (unpaired) electrons. The molecule has 1 atom stereocenters. The Labute approximate surface area is 93.3 Å². The summed E-state index contributed by atoms with van der Waals surface area (Å²) in [6.07, 6.45) is 2.88. The highest BCUT2D eigenvalue weighted by molar-refractivity contribution is 5.95.